The number of benzene rings is 1. The van der Waals surface area contributed by atoms with Crippen LogP contribution >= 0.6 is 0 Å². The van der Waals surface area contributed by atoms with Gasteiger partial charge < -0.3 is 15.2 Å². The second-order valence-electron chi connectivity index (χ2n) is 4.31. The molecule has 1 amide bonds. The first kappa shape index (κ1) is 13.5. The predicted molar refractivity (Wildman–Crippen MR) is 59.0 cm³/mol. The number of primary amides is 1. The standard InChI is InChI=1S/C12H12F3NO3/c13-9-4-8(5-10(14)11(9)15)18-6-1-2-7(3-6)19-12(16)17/h4-7H,1-3H2,(H2,16,17). The highest BCUT2D eigenvalue weighted by atomic mass is 19.2. The van der Waals surface area contributed by atoms with Crippen molar-refractivity contribution in [1.29, 1.82) is 0 Å². The summed E-state index contributed by atoms with van der Waals surface area (Å²) in [6, 6.07) is 1.56. The predicted octanol–water partition coefficient (Wildman–Crippen LogP) is 2.50. The van der Waals surface area contributed by atoms with Gasteiger partial charge in [0.1, 0.15) is 18.0 Å². The molecule has 1 saturated carbocycles. The first-order chi connectivity index (χ1) is 8.95. The summed E-state index contributed by atoms with van der Waals surface area (Å²) < 4.78 is 48.8. The second-order valence-corrected chi connectivity index (χ2v) is 4.31. The summed E-state index contributed by atoms with van der Waals surface area (Å²) in [5.41, 5.74) is 4.88. The molecule has 2 rings (SSSR count). The topological polar surface area (TPSA) is 61.6 Å². The average Bonchev–Trinajstić information content (AvgIpc) is 2.72. The van der Waals surface area contributed by atoms with Crippen molar-refractivity contribution in [3.8, 4) is 5.75 Å². The van der Waals surface area contributed by atoms with Crippen LogP contribution in [0.15, 0.2) is 12.1 Å². The van der Waals surface area contributed by atoms with Crippen LogP contribution in [-0.4, -0.2) is 18.3 Å². The molecule has 0 aliphatic heterocycles. The van der Waals surface area contributed by atoms with Gasteiger partial charge in [-0.15, -0.1) is 0 Å². The molecule has 0 saturated heterocycles. The van der Waals surface area contributed by atoms with Crippen LogP contribution in [0, 0.1) is 17.5 Å². The highest BCUT2D eigenvalue weighted by molar-refractivity contribution is 5.64. The molecule has 2 atom stereocenters. The highest BCUT2D eigenvalue weighted by Crippen LogP contribution is 2.28. The zero-order chi connectivity index (χ0) is 14.0. The Hall–Kier alpha value is -1.92. The molecule has 0 spiro atoms. The summed E-state index contributed by atoms with van der Waals surface area (Å²) in [7, 11) is 0. The average molecular weight is 275 g/mol. The quantitative estimate of drug-likeness (QED) is 0.862. The molecule has 0 heterocycles. The third-order valence-electron chi connectivity index (χ3n) is 2.88. The Morgan fingerprint density at radius 3 is 2.32 bits per heavy atom. The van der Waals surface area contributed by atoms with Crippen LogP contribution in [0.3, 0.4) is 0 Å². The fraction of sp³-hybridized carbons (Fsp3) is 0.417. The molecule has 0 aromatic heterocycles. The van der Waals surface area contributed by atoms with Crippen LogP contribution in [0.4, 0.5) is 18.0 Å². The van der Waals surface area contributed by atoms with E-state index in [0.717, 1.165) is 12.1 Å². The van der Waals surface area contributed by atoms with Crippen molar-refractivity contribution in [2.24, 2.45) is 5.73 Å². The lowest BCUT2D eigenvalue weighted by molar-refractivity contribution is 0.100. The molecule has 1 aliphatic carbocycles. The van der Waals surface area contributed by atoms with Gasteiger partial charge in [0.15, 0.2) is 17.5 Å². The summed E-state index contributed by atoms with van der Waals surface area (Å²) in [5, 5.41) is 0. The fourth-order valence-corrected chi connectivity index (χ4v) is 2.07. The van der Waals surface area contributed by atoms with Gasteiger partial charge >= 0.3 is 6.09 Å². The molecule has 1 aliphatic rings. The summed E-state index contributed by atoms with van der Waals surface area (Å²) in [5.74, 6) is -4.24. The molecular formula is C12H12F3NO3. The molecule has 0 radical (unpaired) electrons. The van der Waals surface area contributed by atoms with Crippen molar-refractivity contribution < 1.29 is 27.4 Å². The number of hydrogen-bond acceptors (Lipinski definition) is 3. The Morgan fingerprint density at radius 2 is 1.74 bits per heavy atom. The number of ether oxygens (including phenoxy) is 2. The Balaban J connectivity index is 1.97. The van der Waals surface area contributed by atoms with Gasteiger partial charge in [0.05, 0.1) is 0 Å². The number of halogens is 3. The van der Waals surface area contributed by atoms with E-state index in [1.165, 1.54) is 0 Å². The van der Waals surface area contributed by atoms with Crippen LogP contribution in [0.2, 0.25) is 0 Å². The summed E-state index contributed by atoms with van der Waals surface area (Å²) >= 11 is 0. The number of carbonyl (C=O) groups excluding carboxylic acids is 1. The molecule has 2 unspecified atom stereocenters. The summed E-state index contributed by atoms with van der Waals surface area (Å²) in [4.78, 5) is 10.6. The van der Waals surface area contributed by atoms with E-state index in [2.05, 4.69) is 0 Å². The molecule has 4 nitrogen and oxygen atoms in total. The van der Waals surface area contributed by atoms with Crippen molar-refractivity contribution in [1.82, 2.24) is 0 Å². The van der Waals surface area contributed by atoms with E-state index in [4.69, 9.17) is 15.2 Å². The third kappa shape index (κ3) is 3.30. The van der Waals surface area contributed by atoms with Gasteiger partial charge in [-0.3, -0.25) is 0 Å². The van der Waals surface area contributed by atoms with Crippen molar-refractivity contribution >= 4 is 6.09 Å². The van der Waals surface area contributed by atoms with Gasteiger partial charge in [-0.2, -0.15) is 0 Å². The molecule has 19 heavy (non-hydrogen) atoms. The van der Waals surface area contributed by atoms with Crippen molar-refractivity contribution in [2.75, 3.05) is 0 Å². The van der Waals surface area contributed by atoms with E-state index in [1.807, 2.05) is 0 Å². The number of hydrogen-bond donors (Lipinski definition) is 1. The van der Waals surface area contributed by atoms with Gasteiger partial charge in [-0.25, -0.2) is 18.0 Å². The van der Waals surface area contributed by atoms with E-state index < -0.39 is 23.5 Å². The zero-order valence-electron chi connectivity index (χ0n) is 9.87. The summed E-state index contributed by atoms with van der Waals surface area (Å²) in [6.45, 7) is 0. The zero-order valence-corrected chi connectivity index (χ0v) is 9.87. The maximum Gasteiger partial charge on any atom is 0.404 e. The third-order valence-corrected chi connectivity index (χ3v) is 2.88. The van der Waals surface area contributed by atoms with Crippen LogP contribution in [0.25, 0.3) is 0 Å². The van der Waals surface area contributed by atoms with Gasteiger partial charge in [-0.1, -0.05) is 0 Å². The van der Waals surface area contributed by atoms with E-state index >= 15 is 0 Å². The first-order valence-corrected chi connectivity index (χ1v) is 5.73. The molecule has 0 bridgehead atoms. The Morgan fingerprint density at radius 1 is 1.16 bits per heavy atom. The van der Waals surface area contributed by atoms with Crippen LogP contribution < -0.4 is 10.5 Å². The first-order valence-electron chi connectivity index (χ1n) is 5.73. The van der Waals surface area contributed by atoms with Gasteiger partial charge in [-0.05, 0) is 12.8 Å². The lowest BCUT2D eigenvalue weighted by Gasteiger charge is -2.14. The number of rotatable bonds is 3. The van der Waals surface area contributed by atoms with E-state index in [-0.39, 0.29) is 18.0 Å². The number of carbonyl (C=O) groups is 1. The van der Waals surface area contributed by atoms with Crippen molar-refractivity contribution in [3.63, 3.8) is 0 Å². The maximum atomic E-state index is 13.0. The lowest BCUT2D eigenvalue weighted by Crippen LogP contribution is -2.22. The Labute approximate surface area is 107 Å². The van der Waals surface area contributed by atoms with E-state index in [1.54, 1.807) is 0 Å². The minimum Gasteiger partial charge on any atom is -0.490 e. The van der Waals surface area contributed by atoms with Crippen LogP contribution in [0.1, 0.15) is 19.3 Å². The second kappa shape index (κ2) is 5.38. The minimum absolute atomic E-state index is 0.0962. The van der Waals surface area contributed by atoms with E-state index in [9.17, 15) is 18.0 Å². The van der Waals surface area contributed by atoms with Crippen LogP contribution in [0.5, 0.6) is 5.75 Å². The number of nitrogens with two attached hydrogens (primary N) is 1. The molecule has 1 aromatic rings. The molecule has 2 N–H and O–H groups in total. The fourth-order valence-electron chi connectivity index (χ4n) is 2.07. The largest absolute Gasteiger partial charge is 0.490 e. The molecular weight excluding hydrogens is 263 g/mol. The van der Waals surface area contributed by atoms with Gasteiger partial charge in [0.2, 0.25) is 0 Å². The maximum absolute atomic E-state index is 13.0. The summed E-state index contributed by atoms with van der Waals surface area (Å²) in [6.07, 6.45) is -0.0993. The van der Waals surface area contributed by atoms with Crippen molar-refractivity contribution in [2.45, 2.75) is 31.5 Å². The molecule has 7 heteroatoms. The lowest BCUT2D eigenvalue weighted by atomic mass is 10.2. The monoisotopic (exact) mass is 275 g/mol. The molecule has 1 fully saturated rings. The van der Waals surface area contributed by atoms with Gasteiger partial charge in [0.25, 0.3) is 0 Å². The van der Waals surface area contributed by atoms with Crippen molar-refractivity contribution in [3.05, 3.63) is 29.6 Å². The smallest absolute Gasteiger partial charge is 0.404 e. The SMILES string of the molecule is NC(=O)OC1CCC(Oc2cc(F)c(F)c(F)c2)C1. The molecule has 104 valence electrons. The minimum atomic E-state index is -1.53. The number of amides is 1. The molecule has 1 aromatic carbocycles. The normalized spacial score (nSPS) is 22.3. The van der Waals surface area contributed by atoms with Crippen LogP contribution in [-0.2, 0) is 4.74 Å². The Kier molecular flexibility index (Phi) is 3.82. The Bertz CT molecular complexity index is 472. The van der Waals surface area contributed by atoms with E-state index in [0.29, 0.717) is 19.3 Å². The van der Waals surface area contributed by atoms with Gasteiger partial charge in [0, 0.05) is 18.6 Å². The highest BCUT2D eigenvalue weighted by Gasteiger charge is 2.29.